The number of hydrogen-bond donors (Lipinski definition) is 3. The largest absolute Gasteiger partial charge is 0.394 e. The number of nitrogens with one attached hydrogen (secondary N) is 2. The number of urea groups is 1. The molecular weight excluding hydrogens is 256 g/mol. The van der Waals surface area contributed by atoms with E-state index in [4.69, 9.17) is 0 Å². The molecule has 0 fully saturated rings. The van der Waals surface area contributed by atoms with Crippen molar-refractivity contribution in [3.63, 3.8) is 0 Å². The maximum absolute atomic E-state index is 11.8. The predicted molar refractivity (Wildman–Crippen MR) is 78.5 cm³/mol. The molecule has 0 saturated carbocycles. The Morgan fingerprint density at radius 1 is 1.55 bits per heavy atom. The van der Waals surface area contributed by atoms with Crippen molar-refractivity contribution in [1.29, 1.82) is 0 Å². The fourth-order valence-electron chi connectivity index (χ4n) is 2.15. The van der Waals surface area contributed by atoms with Gasteiger partial charge in [-0.15, -0.1) is 0 Å². The number of carbonyl (C=O) groups is 1. The van der Waals surface area contributed by atoms with E-state index in [1.807, 2.05) is 33.3 Å². The summed E-state index contributed by atoms with van der Waals surface area (Å²) in [6, 6.07) is -0.221. The molecule has 1 aromatic rings. The van der Waals surface area contributed by atoms with Crippen LogP contribution in [0.25, 0.3) is 0 Å². The summed E-state index contributed by atoms with van der Waals surface area (Å²) in [5, 5.41) is 19.1. The molecule has 0 saturated heterocycles. The molecule has 1 aromatic heterocycles. The van der Waals surface area contributed by atoms with E-state index in [1.165, 1.54) is 5.56 Å². The lowest BCUT2D eigenvalue weighted by molar-refractivity contribution is 0.163. The lowest BCUT2D eigenvalue weighted by Crippen LogP contribution is -2.52. The molecular formula is C14H26N4O2. The SMILES string of the molecule is CCCC(C)(CO)NC(=O)NCCCc1cnn(C)c1. The summed E-state index contributed by atoms with van der Waals surface area (Å²) < 4.78 is 1.77. The van der Waals surface area contributed by atoms with Crippen molar-refractivity contribution in [3.05, 3.63) is 18.0 Å². The van der Waals surface area contributed by atoms with Crippen molar-refractivity contribution >= 4 is 6.03 Å². The number of carbonyl (C=O) groups excluding carboxylic acids is 1. The minimum Gasteiger partial charge on any atom is -0.394 e. The predicted octanol–water partition coefficient (Wildman–Crippen LogP) is 1.20. The second-order valence-electron chi connectivity index (χ2n) is 5.48. The van der Waals surface area contributed by atoms with Gasteiger partial charge in [-0.2, -0.15) is 5.10 Å². The summed E-state index contributed by atoms with van der Waals surface area (Å²) in [6.07, 6.45) is 7.24. The second kappa shape index (κ2) is 7.89. The molecule has 0 aliphatic carbocycles. The quantitative estimate of drug-likeness (QED) is 0.627. The Bertz CT molecular complexity index is 419. The van der Waals surface area contributed by atoms with E-state index >= 15 is 0 Å². The van der Waals surface area contributed by atoms with Crippen LogP contribution in [0.15, 0.2) is 12.4 Å². The molecule has 3 N–H and O–H groups in total. The van der Waals surface area contributed by atoms with Gasteiger partial charge in [0, 0.05) is 19.8 Å². The van der Waals surface area contributed by atoms with E-state index in [0.717, 1.165) is 25.7 Å². The van der Waals surface area contributed by atoms with Crippen LogP contribution in [0.3, 0.4) is 0 Å². The normalized spacial score (nSPS) is 13.8. The number of aromatic nitrogens is 2. The Morgan fingerprint density at radius 3 is 2.85 bits per heavy atom. The van der Waals surface area contributed by atoms with Gasteiger partial charge in [0.15, 0.2) is 0 Å². The van der Waals surface area contributed by atoms with E-state index in [-0.39, 0.29) is 12.6 Å². The molecule has 1 rings (SSSR count). The monoisotopic (exact) mass is 282 g/mol. The van der Waals surface area contributed by atoms with Crippen molar-refractivity contribution < 1.29 is 9.90 Å². The molecule has 1 unspecified atom stereocenters. The Kier molecular flexibility index (Phi) is 6.51. The van der Waals surface area contributed by atoms with Gasteiger partial charge in [-0.1, -0.05) is 13.3 Å². The third-order valence-electron chi connectivity index (χ3n) is 3.25. The highest BCUT2D eigenvalue weighted by Crippen LogP contribution is 2.10. The zero-order valence-corrected chi connectivity index (χ0v) is 12.6. The van der Waals surface area contributed by atoms with Gasteiger partial charge >= 0.3 is 6.03 Å². The maximum atomic E-state index is 11.8. The molecule has 0 spiro atoms. The van der Waals surface area contributed by atoms with Gasteiger partial charge in [0.25, 0.3) is 0 Å². The van der Waals surface area contributed by atoms with Crippen LogP contribution in [0.2, 0.25) is 0 Å². The maximum Gasteiger partial charge on any atom is 0.315 e. The van der Waals surface area contributed by atoms with Gasteiger partial charge in [0.1, 0.15) is 0 Å². The average Bonchev–Trinajstić information content (AvgIpc) is 2.81. The van der Waals surface area contributed by atoms with Crippen molar-refractivity contribution in [1.82, 2.24) is 20.4 Å². The molecule has 114 valence electrons. The third-order valence-corrected chi connectivity index (χ3v) is 3.25. The fourth-order valence-corrected chi connectivity index (χ4v) is 2.15. The lowest BCUT2D eigenvalue weighted by Gasteiger charge is -2.28. The Labute approximate surface area is 120 Å². The first-order valence-corrected chi connectivity index (χ1v) is 7.13. The van der Waals surface area contributed by atoms with Crippen molar-refractivity contribution in [2.45, 2.75) is 45.1 Å². The fraction of sp³-hybridized carbons (Fsp3) is 0.714. The van der Waals surface area contributed by atoms with E-state index in [2.05, 4.69) is 15.7 Å². The molecule has 2 amide bonds. The lowest BCUT2D eigenvalue weighted by atomic mass is 9.98. The molecule has 0 bridgehead atoms. The first kappa shape index (κ1) is 16.5. The van der Waals surface area contributed by atoms with Gasteiger partial charge in [-0.05, 0) is 31.7 Å². The minimum atomic E-state index is -0.540. The Hall–Kier alpha value is -1.56. The van der Waals surface area contributed by atoms with Crippen molar-refractivity contribution in [3.8, 4) is 0 Å². The van der Waals surface area contributed by atoms with Crippen LogP contribution in [0, 0.1) is 0 Å². The third kappa shape index (κ3) is 5.61. The second-order valence-corrected chi connectivity index (χ2v) is 5.48. The molecule has 0 aliphatic rings. The van der Waals surface area contributed by atoms with Crippen LogP contribution in [0.4, 0.5) is 4.79 Å². The molecule has 1 heterocycles. The minimum absolute atomic E-state index is 0.0516. The summed E-state index contributed by atoms with van der Waals surface area (Å²) in [5.74, 6) is 0. The number of amides is 2. The molecule has 0 aliphatic heterocycles. The summed E-state index contributed by atoms with van der Waals surface area (Å²) in [6.45, 7) is 4.44. The van der Waals surface area contributed by atoms with E-state index < -0.39 is 5.54 Å². The summed E-state index contributed by atoms with van der Waals surface area (Å²) in [4.78, 5) is 11.8. The van der Waals surface area contributed by atoms with Crippen LogP contribution in [0.5, 0.6) is 0 Å². The Morgan fingerprint density at radius 2 is 2.30 bits per heavy atom. The smallest absolute Gasteiger partial charge is 0.315 e. The number of aryl methyl sites for hydroxylation is 2. The first-order valence-electron chi connectivity index (χ1n) is 7.13. The van der Waals surface area contributed by atoms with E-state index in [9.17, 15) is 9.90 Å². The van der Waals surface area contributed by atoms with Crippen LogP contribution >= 0.6 is 0 Å². The molecule has 1 atom stereocenters. The first-order chi connectivity index (χ1) is 9.49. The van der Waals surface area contributed by atoms with Gasteiger partial charge in [-0.3, -0.25) is 4.68 Å². The summed E-state index contributed by atoms with van der Waals surface area (Å²) in [7, 11) is 1.89. The number of aliphatic hydroxyl groups excluding tert-OH is 1. The zero-order chi connectivity index (χ0) is 15.0. The zero-order valence-electron chi connectivity index (χ0n) is 12.6. The summed E-state index contributed by atoms with van der Waals surface area (Å²) in [5.41, 5.74) is 0.628. The number of hydrogen-bond acceptors (Lipinski definition) is 3. The van der Waals surface area contributed by atoms with Gasteiger partial charge in [0.2, 0.25) is 0 Å². The number of aliphatic hydroxyl groups is 1. The van der Waals surface area contributed by atoms with Crippen LogP contribution in [-0.2, 0) is 13.5 Å². The molecule has 0 aromatic carbocycles. The molecule has 20 heavy (non-hydrogen) atoms. The average molecular weight is 282 g/mol. The van der Waals surface area contributed by atoms with Crippen LogP contribution in [-0.4, -0.2) is 39.6 Å². The van der Waals surface area contributed by atoms with Gasteiger partial charge in [-0.25, -0.2) is 4.79 Å². The van der Waals surface area contributed by atoms with Gasteiger partial charge < -0.3 is 15.7 Å². The number of rotatable bonds is 8. The number of nitrogens with zero attached hydrogens (tertiary/aromatic N) is 2. The van der Waals surface area contributed by atoms with E-state index in [1.54, 1.807) is 4.68 Å². The standard InChI is InChI=1S/C14H26N4O2/c1-4-7-14(2,11-19)17-13(20)15-8-5-6-12-9-16-18(3)10-12/h9-10,19H,4-8,11H2,1-3H3,(H2,15,17,20). The highest BCUT2D eigenvalue weighted by molar-refractivity contribution is 5.74. The van der Waals surface area contributed by atoms with Crippen molar-refractivity contribution in [2.24, 2.45) is 7.05 Å². The topological polar surface area (TPSA) is 79.2 Å². The highest BCUT2D eigenvalue weighted by atomic mass is 16.3. The molecule has 6 heteroatoms. The molecule has 0 radical (unpaired) electrons. The Balaban J connectivity index is 2.22. The highest BCUT2D eigenvalue weighted by Gasteiger charge is 2.23. The van der Waals surface area contributed by atoms with Crippen molar-refractivity contribution in [2.75, 3.05) is 13.2 Å². The van der Waals surface area contributed by atoms with Crippen LogP contribution in [0.1, 0.15) is 38.7 Å². The van der Waals surface area contributed by atoms with Gasteiger partial charge in [0.05, 0.1) is 18.3 Å². The van der Waals surface area contributed by atoms with Crippen LogP contribution < -0.4 is 10.6 Å². The summed E-state index contributed by atoms with van der Waals surface area (Å²) >= 11 is 0. The molecule has 6 nitrogen and oxygen atoms in total. The van der Waals surface area contributed by atoms with E-state index in [0.29, 0.717) is 6.54 Å².